The maximum atomic E-state index is 12.2. The first-order valence-corrected chi connectivity index (χ1v) is 9.20. The molecule has 3 rings (SSSR count). The highest BCUT2D eigenvalue weighted by atomic mass is 32.2. The average molecular weight is 376 g/mol. The van der Waals surface area contributed by atoms with Crippen molar-refractivity contribution in [1.82, 2.24) is 0 Å². The van der Waals surface area contributed by atoms with Crippen LogP contribution < -0.4 is 5.32 Å². The molecule has 0 aliphatic heterocycles. The van der Waals surface area contributed by atoms with Crippen molar-refractivity contribution in [2.45, 2.75) is 4.90 Å². The van der Waals surface area contributed by atoms with Crippen molar-refractivity contribution >= 4 is 40.1 Å². The van der Waals surface area contributed by atoms with Crippen molar-refractivity contribution in [1.29, 1.82) is 5.26 Å². The Morgan fingerprint density at radius 1 is 1.00 bits per heavy atom. The smallest absolute Gasteiger partial charge is 0.338 e. The first-order valence-electron chi connectivity index (χ1n) is 8.22. The molecule has 0 spiro atoms. The zero-order chi connectivity index (χ0) is 19.1. The van der Waals surface area contributed by atoms with E-state index in [9.17, 15) is 9.59 Å². The number of carbonyl (C=O) groups is 2. The van der Waals surface area contributed by atoms with Crippen molar-refractivity contribution < 1.29 is 14.3 Å². The van der Waals surface area contributed by atoms with Crippen LogP contribution in [0.3, 0.4) is 0 Å². The molecule has 0 aliphatic carbocycles. The molecule has 0 bridgehead atoms. The number of nitrogens with one attached hydrogen (secondary N) is 1. The maximum Gasteiger partial charge on any atom is 0.338 e. The van der Waals surface area contributed by atoms with Gasteiger partial charge in [0.2, 0.25) is 0 Å². The quantitative estimate of drug-likeness (QED) is 0.514. The Hall–Kier alpha value is -3.30. The molecule has 1 amide bonds. The normalized spacial score (nSPS) is 10.2. The third-order valence-corrected chi connectivity index (χ3v) is 4.71. The highest BCUT2D eigenvalue weighted by molar-refractivity contribution is 7.99. The zero-order valence-corrected chi connectivity index (χ0v) is 15.2. The topological polar surface area (TPSA) is 79.2 Å². The standard InChI is InChI=1S/C21H16N2O3S/c22-11-12-27-19-8-4-3-7-18(19)23-20(24)14-26-21(25)17-10-9-15-5-1-2-6-16(15)13-17/h1-10,13H,12,14H2,(H,23,24). The number of hydrogen-bond donors (Lipinski definition) is 1. The van der Waals surface area contributed by atoms with Crippen LogP contribution in [-0.2, 0) is 9.53 Å². The number of para-hydroxylation sites is 1. The van der Waals surface area contributed by atoms with Gasteiger partial charge >= 0.3 is 5.97 Å². The van der Waals surface area contributed by atoms with Gasteiger partial charge in [-0.25, -0.2) is 4.79 Å². The lowest BCUT2D eigenvalue weighted by molar-refractivity contribution is -0.119. The van der Waals surface area contributed by atoms with Crippen LogP contribution in [0.5, 0.6) is 0 Å². The first kappa shape index (κ1) is 18.5. The number of esters is 1. The van der Waals surface area contributed by atoms with Crippen molar-refractivity contribution in [2.24, 2.45) is 0 Å². The zero-order valence-electron chi connectivity index (χ0n) is 14.3. The Bertz CT molecular complexity index is 1030. The highest BCUT2D eigenvalue weighted by Gasteiger charge is 2.12. The predicted octanol–water partition coefficient (Wildman–Crippen LogP) is 4.25. The number of nitriles is 1. The van der Waals surface area contributed by atoms with Gasteiger partial charge in [-0.15, -0.1) is 11.8 Å². The Balaban J connectivity index is 1.60. The predicted molar refractivity (Wildman–Crippen MR) is 106 cm³/mol. The van der Waals surface area contributed by atoms with Crippen LogP contribution in [0, 0.1) is 11.3 Å². The minimum absolute atomic E-state index is 0.282. The van der Waals surface area contributed by atoms with E-state index in [-0.39, 0.29) is 12.4 Å². The molecular formula is C21H16N2O3S. The number of benzene rings is 3. The molecule has 0 unspecified atom stereocenters. The molecule has 1 N–H and O–H groups in total. The van der Waals surface area contributed by atoms with Gasteiger partial charge in [-0.05, 0) is 35.0 Å². The third-order valence-electron chi connectivity index (χ3n) is 3.77. The van der Waals surface area contributed by atoms with Gasteiger partial charge in [0.15, 0.2) is 6.61 Å². The van der Waals surface area contributed by atoms with Crippen LogP contribution in [0.25, 0.3) is 10.8 Å². The summed E-state index contributed by atoms with van der Waals surface area (Å²) >= 11 is 1.33. The molecule has 0 saturated carbocycles. The minimum Gasteiger partial charge on any atom is -0.452 e. The SMILES string of the molecule is N#CCSc1ccccc1NC(=O)COC(=O)c1ccc2ccccc2c1. The summed E-state index contributed by atoms with van der Waals surface area (Å²) in [5.41, 5.74) is 0.982. The fourth-order valence-corrected chi connectivity index (χ4v) is 3.19. The fraction of sp³-hybridized carbons (Fsp3) is 0.0952. The Labute approximate surface area is 160 Å². The van der Waals surface area contributed by atoms with E-state index in [1.807, 2.05) is 48.5 Å². The van der Waals surface area contributed by atoms with Gasteiger partial charge in [-0.2, -0.15) is 5.26 Å². The van der Waals surface area contributed by atoms with Crippen molar-refractivity contribution in [2.75, 3.05) is 17.7 Å². The number of ether oxygens (including phenoxy) is 1. The largest absolute Gasteiger partial charge is 0.452 e. The number of fused-ring (bicyclic) bond motifs is 1. The van der Waals surface area contributed by atoms with Gasteiger partial charge in [-0.3, -0.25) is 4.79 Å². The average Bonchev–Trinajstić information content (AvgIpc) is 2.71. The molecule has 134 valence electrons. The second-order valence-electron chi connectivity index (χ2n) is 5.63. The summed E-state index contributed by atoms with van der Waals surface area (Å²) in [5.74, 6) is -0.707. The number of amides is 1. The molecule has 6 heteroatoms. The third kappa shape index (κ3) is 4.87. The number of rotatable bonds is 6. The van der Waals surface area contributed by atoms with E-state index in [0.29, 0.717) is 11.3 Å². The van der Waals surface area contributed by atoms with Gasteiger partial charge in [0.1, 0.15) is 0 Å². The maximum absolute atomic E-state index is 12.2. The van der Waals surface area contributed by atoms with Crippen molar-refractivity contribution in [3.8, 4) is 6.07 Å². The van der Waals surface area contributed by atoms with Crippen LogP contribution in [0.15, 0.2) is 71.6 Å². The molecule has 0 saturated heterocycles. The van der Waals surface area contributed by atoms with E-state index < -0.39 is 11.9 Å². The van der Waals surface area contributed by atoms with Crippen LogP contribution in [0.1, 0.15) is 10.4 Å². The summed E-state index contributed by atoms with van der Waals surface area (Å²) in [6.45, 7) is -0.386. The molecule has 0 heterocycles. The number of nitrogens with zero attached hydrogens (tertiary/aromatic N) is 1. The van der Waals surface area contributed by atoms with Gasteiger partial charge in [0.05, 0.1) is 23.1 Å². The van der Waals surface area contributed by atoms with Gasteiger partial charge in [-0.1, -0.05) is 42.5 Å². The number of anilines is 1. The molecule has 0 radical (unpaired) electrons. The van der Waals surface area contributed by atoms with Crippen molar-refractivity contribution in [3.05, 3.63) is 72.3 Å². The van der Waals surface area contributed by atoms with Crippen LogP contribution in [0.4, 0.5) is 5.69 Å². The van der Waals surface area contributed by atoms with Crippen LogP contribution >= 0.6 is 11.8 Å². The van der Waals surface area contributed by atoms with E-state index in [1.54, 1.807) is 24.3 Å². The molecule has 3 aromatic rings. The van der Waals surface area contributed by atoms with Crippen LogP contribution in [-0.4, -0.2) is 24.2 Å². The van der Waals surface area contributed by atoms with Crippen molar-refractivity contribution in [3.63, 3.8) is 0 Å². The van der Waals surface area contributed by atoms with E-state index in [0.717, 1.165) is 15.7 Å². The van der Waals surface area contributed by atoms with E-state index >= 15 is 0 Å². The molecule has 3 aromatic carbocycles. The minimum atomic E-state index is -0.553. The molecule has 27 heavy (non-hydrogen) atoms. The Morgan fingerprint density at radius 2 is 1.74 bits per heavy atom. The molecule has 0 atom stereocenters. The summed E-state index contributed by atoms with van der Waals surface area (Å²) in [6, 6.07) is 22.2. The van der Waals surface area contributed by atoms with Crippen LogP contribution in [0.2, 0.25) is 0 Å². The van der Waals surface area contributed by atoms with E-state index in [4.69, 9.17) is 10.00 Å². The lowest BCUT2D eigenvalue weighted by Gasteiger charge is -2.10. The van der Waals surface area contributed by atoms with E-state index in [2.05, 4.69) is 5.32 Å². The molecule has 0 fully saturated rings. The molecular weight excluding hydrogens is 360 g/mol. The van der Waals surface area contributed by atoms with Gasteiger partial charge in [0.25, 0.3) is 5.91 Å². The Morgan fingerprint density at radius 3 is 2.56 bits per heavy atom. The fourth-order valence-electron chi connectivity index (χ4n) is 2.52. The van der Waals surface area contributed by atoms with E-state index in [1.165, 1.54) is 11.8 Å². The summed E-state index contributed by atoms with van der Waals surface area (Å²) in [5, 5.41) is 13.4. The highest BCUT2D eigenvalue weighted by Crippen LogP contribution is 2.26. The first-order chi connectivity index (χ1) is 13.2. The second kappa shape index (κ2) is 8.88. The lowest BCUT2D eigenvalue weighted by atomic mass is 10.1. The van der Waals surface area contributed by atoms with Gasteiger partial charge < -0.3 is 10.1 Å². The van der Waals surface area contributed by atoms with Gasteiger partial charge in [0, 0.05) is 4.90 Å². The summed E-state index contributed by atoms with van der Waals surface area (Å²) in [6.07, 6.45) is 0. The summed E-state index contributed by atoms with van der Waals surface area (Å²) in [4.78, 5) is 25.1. The summed E-state index contributed by atoms with van der Waals surface area (Å²) in [7, 11) is 0. The lowest BCUT2D eigenvalue weighted by Crippen LogP contribution is -2.21. The molecule has 0 aliphatic rings. The number of carbonyl (C=O) groups excluding carboxylic acids is 2. The second-order valence-corrected chi connectivity index (χ2v) is 6.65. The monoisotopic (exact) mass is 376 g/mol. The molecule has 0 aromatic heterocycles. The number of hydrogen-bond acceptors (Lipinski definition) is 5. The number of thioether (sulfide) groups is 1. The molecule has 5 nitrogen and oxygen atoms in total. The summed E-state index contributed by atoms with van der Waals surface area (Å²) < 4.78 is 5.12. The Kier molecular flexibility index (Phi) is 6.08.